The summed E-state index contributed by atoms with van der Waals surface area (Å²) in [5, 5.41) is 15.4. The van der Waals surface area contributed by atoms with Crippen molar-refractivity contribution in [3.8, 4) is 0 Å². The van der Waals surface area contributed by atoms with E-state index in [-0.39, 0.29) is 12.6 Å². The van der Waals surface area contributed by atoms with Crippen LogP contribution in [-0.2, 0) is 6.42 Å². The Balaban J connectivity index is 2.55. The van der Waals surface area contributed by atoms with Crippen LogP contribution < -0.4 is 10.6 Å². The first-order chi connectivity index (χ1) is 8.53. The first-order valence-electron chi connectivity index (χ1n) is 6.17. The van der Waals surface area contributed by atoms with Crippen molar-refractivity contribution in [2.24, 2.45) is 0 Å². The number of thiazole rings is 1. The van der Waals surface area contributed by atoms with E-state index in [4.69, 9.17) is 0 Å². The van der Waals surface area contributed by atoms with Gasteiger partial charge in [-0.05, 0) is 19.8 Å². The van der Waals surface area contributed by atoms with Crippen LogP contribution >= 0.6 is 11.3 Å². The second kappa shape index (κ2) is 6.70. The number of urea groups is 1. The van der Waals surface area contributed by atoms with Gasteiger partial charge in [0.25, 0.3) is 0 Å². The lowest BCUT2D eigenvalue weighted by atomic mass is 9.98. The van der Waals surface area contributed by atoms with Crippen molar-refractivity contribution in [2.45, 2.75) is 45.6 Å². The van der Waals surface area contributed by atoms with Gasteiger partial charge in [-0.3, -0.25) is 5.32 Å². The zero-order valence-electron chi connectivity index (χ0n) is 11.1. The molecule has 0 bridgehead atoms. The number of carbonyl (C=O) groups is 1. The van der Waals surface area contributed by atoms with Gasteiger partial charge in [0.2, 0.25) is 0 Å². The Morgan fingerprint density at radius 1 is 1.56 bits per heavy atom. The molecule has 0 aromatic carbocycles. The average molecular weight is 271 g/mol. The summed E-state index contributed by atoms with van der Waals surface area (Å²) >= 11 is 1.46. The van der Waals surface area contributed by atoms with Crippen molar-refractivity contribution < 1.29 is 9.90 Å². The van der Waals surface area contributed by atoms with Gasteiger partial charge in [-0.1, -0.05) is 20.3 Å². The molecule has 0 radical (unpaired) electrons. The topological polar surface area (TPSA) is 74.2 Å². The molecule has 1 atom stereocenters. The van der Waals surface area contributed by atoms with Crippen LogP contribution in [0.5, 0.6) is 0 Å². The fourth-order valence-corrected chi connectivity index (χ4v) is 2.41. The summed E-state index contributed by atoms with van der Waals surface area (Å²) in [5.74, 6) is 0. The molecule has 3 N–H and O–H groups in total. The number of carbonyl (C=O) groups excluding carboxylic acids is 1. The number of rotatable bonds is 6. The first-order valence-corrected chi connectivity index (χ1v) is 6.99. The SMILES string of the molecule is CCCC(C)(CO)NC(=O)Nc1ncc(CC)s1. The maximum atomic E-state index is 11.8. The molecule has 0 saturated heterocycles. The van der Waals surface area contributed by atoms with Crippen molar-refractivity contribution in [3.63, 3.8) is 0 Å². The van der Waals surface area contributed by atoms with Crippen LogP contribution in [0.1, 0.15) is 38.5 Å². The quantitative estimate of drug-likeness (QED) is 0.743. The van der Waals surface area contributed by atoms with E-state index in [1.54, 1.807) is 6.20 Å². The predicted molar refractivity (Wildman–Crippen MR) is 74.0 cm³/mol. The van der Waals surface area contributed by atoms with E-state index in [1.165, 1.54) is 11.3 Å². The van der Waals surface area contributed by atoms with E-state index in [0.717, 1.165) is 24.1 Å². The average Bonchev–Trinajstić information content (AvgIpc) is 2.76. The maximum Gasteiger partial charge on any atom is 0.321 e. The molecule has 102 valence electrons. The summed E-state index contributed by atoms with van der Waals surface area (Å²) in [7, 11) is 0. The lowest BCUT2D eigenvalue weighted by Crippen LogP contribution is -2.50. The number of nitrogens with zero attached hydrogens (tertiary/aromatic N) is 1. The third-order valence-electron chi connectivity index (χ3n) is 2.69. The molecule has 6 heteroatoms. The minimum atomic E-state index is -0.580. The van der Waals surface area contributed by atoms with E-state index >= 15 is 0 Å². The Kier molecular flexibility index (Phi) is 5.55. The number of anilines is 1. The van der Waals surface area contributed by atoms with Crippen LogP contribution in [0.25, 0.3) is 0 Å². The van der Waals surface area contributed by atoms with Gasteiger partial charge in [0, 0.05) is 11.1 Å². The van der Waals surface area contributed by atoms with Crippen molar-refractivity contribution in [1.82, 2.24) is 10.3 Å². The molecule has 0 spiro atoms. The molecule has 2 amide bonds. The number of aliphatic hydroxyl groups is 1. The molecular weight excluding hydrogens is 250 g/mol. The number of aryl methyl sites for hydroxylation is 1. The highest BCUT2D eigenvalue weighted by Gasteiger charge is 2.24. The third kappa shape index (κ3) is 4.27. The van der Waals surface area contributed by atoms with Crippen molar-refractivity contribution in [2.75, 3.05) is 11.9 Å². The van der Waals surface area contributed by atoms with Gasteiger partial charge in [-0.2, -0.15) is 0 Å². The van der Waals surface area contributed by atoms with Crippen LogP contribution in [0.2, 0.25) is 0 Å². The number of aromatic nitrogens is 1. The summed E-state index contributed by atoms with van der Waals surface area (Å²) in [6, 6.07) is -0.322. The molecular formula is C12H21N3O2S. The van der Waals surface area contributed by atoms with Gasteiger partial charge < -0.3 is 10.4 Å². The number of hydrogen-bond donors (Lipinski definition) is 3. The van der Waals surface area contributed by atoms with Gasteiger partial charge in [0.1, 0.15) is 0 Å². The van der Waals surface area contributed by atoms with Crippen molar-refractivity contribution >= 4 is 22.5 Å². The third-order valence-corrected chi connectivity index (χ3v) is 3.75. The van der Waals surface area contributed by atoms with Crippen LogP contribution in [0.15, 0.2) is 6.20 Å². The van der Waals surface area contributed by atoms with E-state index in [2.05, 4.69) is 15.6 Å². The Labute approximate surface area is 112 Å². The fraction of sp³-hybridized carbons (Fsp3) is 0.667. The summed E-state index contributed by atoms with van der Waals surface area (Å²) in [5.41, 5.74) is -0.580. The Morgan fingerprint density at radius 2 is 2.28 bits per heavy atom. The van der Waals surface area contributed by atoms with Gasteiger partial charge in [0.15, 0.2) is 5.13 Å². The normalized spacial score (nSPS) is 14.0. The molecule has 1 aromatic rings. The zero-order valence-corrected chi connectivity index (χ0v) is 11.9. The zero-order chi connectivity index (χ0) is 13.6. The number of nitrogens with one attached hydrogen (secondary N) is 2. The predicted octanol–water partition coefficient (Wildman–Crippen LogP) is 2.38. The molecule has 0 aliphatic rings. The lowest BCUT2D eigenvalue weighted by molar-refractivity contribution is 0.167. The van der Waals surface area contributed by atoms with Crippen molar-refractivity contribution in [3.05, 3.63) is 11.1 Å². The lowest BCUT2D eigenvalue weighted by Gasteiger charge is -2.28. The van der Waals surface area contributed by atoms with Gasteiger partial charge in [-0.25, -0.2) is 9.78 Å². The first kappa shape index (κ1) is 14.9. The van der Waals surface area contributed by atoms with Crippen LogP contribution in [0, 0.1) is 0 Å². The summed E-state index contributed by atoms with van der Waals surface area (Å²) in [6.45, 7) is 5.81. The summed E-state index contributed by atoms with van der Waals surface area (Å²) in [6.07, 6.45) is 4.30. The Morgan fingerprint density at radius 3 is 2.78 bits per heavy atom. The molecule has 0 saturated carbocycles. The number of aliphatic hydroxyl groups excluding tert-OH is 1. The molecule has 1 aromatic heterocycles. The van der Waals surface area contributed by atoms with E-state index in [0.29, 0.717) is 5.13 Å². The highest BCUT2D eigenvalue weighted by atomic mass is 32.1. The van der Waals surface area contributed by atoms with Crippen LogP contribution in [0.4, 0.5) is 9.93 Å². The largest absolute Gasteiger partial charge is 0.394 e. The molecule has 1 heterocycles. The minimum absolute atomic E-state index is 0.0770. The van der Waals surface area contributed by atoms with Gasteiger partial charge in [0.05, 0.1) is 12.1 Å². The Bertz CT molecular complexity index is 394. The molecule has 1 unspecified atom stereocenters. The minimum Gasteiger partial charge on any atom is -0.394 e. The standard InChI is InChI=1S/C12H21N3O2S/c1-4-6-12(3,8-16)15-10(17)14-11-13-7-9(5-2)18-11/h7,16H,4-6,8H2,1-3H3,(H2,13,14,15,17). The molecule has 18 heavy (non-hydrogen) atoms. The summed E-state index contributed by atoms with van der Waals surface area (Å²) < 4.78 is 0. The van der Waals surface area contributed by atoms with Gasteiger partial charge >= 0.3 is 6.03 Å². The Hall–Kier alpha value is -1.14. The van der Waals surface area contributed by atoms with Gasteiger partial charge in [-0.15, -0.1) is 11.3 Å². The smallest absolute Gasteiger partial charge is 0.321 e. The number of amides is 2. The van der Waals surface area contributed by atoms with Crippen LogP contribution in [-0.4, -0.2) is 28.3 Å². The summed E-state index contributed by atoms with van der Waals surface area (Å²) in [4.78, 5) is 17.0. The highest BCUT2D eigenvalue weighted by Crippen LogP contribution is 2.18. The van der Waals surface area contributed by atoms with E-state index in [9.17, 15) is 9.90 Å². The molecule has 0 aliphatic carbocycles. The molecule has 1 rings (SSSR count). The van der Waals surface area contributed by atoms with E-state index < -0.39 is 5.54 Å². The highest BCUT2D eigenvalue weighted by molar-refractivity contribution is 7.15. The molecule has 0 fully saturated rings. The maximum absolute atomic E-state index is 11.8. The molecule has 5 nitrogen and oxygen atoms in total. The van der Waals surface area contributed by atoms with Crippen molar-refractivity contribution in [1.29, 1.82) is 0 Å². The monoisotopic (exact) mass is 271 g/mol. The van der Waals surface area contributed by atoms with E-state index in [1.807, 2.05) is 20.8 Å². The fourth-order valence-electron chi connectivity index (χ4n) is 1.66. The molecule has 0 aliphatic heterocycles. The second-order valence-corrected chi connectivity index (χ2v) is 5.65. The second-order valence-electron chi connectivity index (χ2n) is 4.53. The van der Waals surface area contributed by atoms with Crippen LogP contribution in [0.3, 0.4) is 0 Å². The number of hydrogen-bond acceptors (Lipinski definition) is 4.